The van der Waals surface area contributed by atoms with E-state index >= 15 is 0 Å². The zero-order valence-corrected chi connectivity index (χ0v) is 15.8. The van der Waals surface area contributed by atoms with Crippen molar-refractivity contribution in [3.8, 4) is 0 Å². The Hall–Kier alpha value is -2.95. The molecular weight excluding hydrogens is 322 g/mol. The number of nitrogens with zero attached hydrogens (tertiary/aromatic N) is 4. The molecule has 0 aliphatic rings. The van der Waals surface area contributed by atoms with Gasteiger partial charge in [-0.15, -0.1) is 5.10 Å². The normalized spacial score (nSPS) is 10.6. The maximum atomic E-state index is 4.70. The molecule has 3 aromatic rings. The van der Waals surface area contributed by atoms with Crippen LogP contribution in [-0.2, 0) is 6.42 Å². The molecule has 0 fully saturated rings. The fraction of sp³-hybridized carbons (Fsp3) is 0.286. The molecular formula is C21H25N5. The van der Waals surface area contributed by atoms with Crippen molar-refractivity contribution in [2.24, 2.45) is 0 Å². The minimum atomic E-state index is 0.512. The fourth-order valence-electron chi connectivity index (χ4n) is 3.06. The first-order valence-electron chi connectivity index (χ1n) is 9.01. The molecule has 3 rings (SSSR count). The Morgan fingerprint density at radius 2 is 1.85 bits per heavy atom. The van der Waals surface area contributed by atoms with Crippen LogP contribution in [0, 0.1) is 13.8 Å². The molecule has 1 N–H and O–H groups in total. The number of hydrogen-bond donors (Lipinski definition) is 1. The summed E-state index contributed by atoms with van der Waals surface area (Å²) in [4.78, 5) is 6.83. The molecule has 5 heteroatoms. The van der Waals surface area contributed by atoms with Crippen LogP contribution < -0.4 is 10.2 Å². The SMILES string of the molecule is CCc1cccc(C)c1Nc1nncc(N(CC)c2cccc(C)c2)n1. The van der Waals surface area contributed by atoms with Crippen molar-refractivity contribution >= 4 is 23.1 Å². The van der Waals surface area contributed by atoms with E-state index in [0.29, 0.717) is 5.95 Å². The third kappa shape index (κ3) is 3.82. The van der Waals surface area contributed by atoms with Crippen LogP contribution in [0.3, 0.4) is 0 Å². The highest BCUT2D eigenvalue weighted by molar-refractivity contribution is 5.65. The first-order chi connectivity index (χ1) is 12.6. The number of aryl methyl sites for hydroxylation is 3. The molecule has 0 unspecified atom stereocenters. The Bertz CT molecular complexity index is 891. The second-order valence-electron chi connectivity index (χ2n) is 6.31. The van der Waals surface area contributed by atoms with Crippen molar-refractivity contribution < 1.29 is 0 Å². The van der Waals surface area contributed by atoms with Crippen LogP contribution in [0.4, 0.5) is 23.1 Å². The maximum Gasteiger partial charge on any atom is 0.249 e. The summed E-state index contributed by atoms with van der Waals surface area (Å²) < 4.78 is 0. The monoisotopic (exact) mass is 347 g/mol. The van der Waals surface area contributed by atoms with Gasteiger partial charge in [0.25, 0.3) is 0 Å². The lowest BCUT2D eigenvalue weighted by molar-refractivity contribution is 0.920. The molecule has 0 radical (unpaired) electrons. The van der Waals surface area contributed by atoms with Crippen molar-refractivity contribution in [2.45, 2.75) is 34.1 Å². The van der Waals surface area contributed by atoms with Gasteiger partial charge in [-0.2, -0.15) is 10.1 Å². The van der Waals surface area contributed by atoms with Crippen LogP contribution in [-0.4, -0.2) is 21.7 Å². The average Bonchev–Trinajstić information content (AvgIpc) is 2.64. The van der Waals surface area contributed by atoms with Crippen molar-refractivity contribution in [1.82, 2.24) is 15.2 Å². The number of aromatic nitrogens is 3. The van der Waals surface area contributed by atoms with Gasteiger partial charge >= 0.3 is 0 Å². The number of benzene rings is 2. The molecule has 134 valence electrons. The summed E-state index contributed by atoms with van der Waals surface area (Å²) in [6.45, 7) is 9.23. The highest BCUT2D eigenvalue weighted by Gasteiger charge is 2.12. The van der Waals surface area contributed by atoms with Crippen molar-refractivity contribution in [3.05, 3.63) is 65.4 Å². The van der Waals surface area contributed by atoms with Gasteiger partial charge in [-0.1, -0.05) is 37.3 Å². The predicted octanol–water partition coefficient (Wildman–Crippen LogP) is 4.95. The number of rotatable bonds is 6. The van der Waals surface area contributed by atoms with Crippen LogP contribution in [0.5, 0.6) is 0 Å². The fourth-order valence-corrected chi connectivity index (χ4v) is 3.06. The van der Waals surface area contributed by atoms with E-state index in [4.69, 9.17) is 4.98 Å². The molecule has 0 amide bonds. The Morgan fingerprint density at radius 1 is 1.04 bits per heavy atom. The Kier molecular flexibility index (Phi) is 5.46. The second kappa shape index (κ2) is 7.95. The summed E-state index contributed by atoms with van der Waals surface area (Å²) in [6, 6.07) is 14.7. The molecule has 0 bridgehead atoms. The summed E-state index contributed by atoms with van der Waals surface area (Å²) in [7, 11) is 0. The van der Waals surface area contributed by atoms with Crippen LogP contribution in [0.1, 0.15) is 30.5 Å². The number of nitrogens with one attached hydrogen (secondary N) is 1. The van der Waals surface area contributed by atoms with Crippen molar-refractivity contribution in [1.29, 1.82) is 0 Å². The average molecular weight is 347 g/mol. The third-order valence-electron chi connectivity index (χ3n) is 4.43. The van der Waals surface area contributed by atoms with Crippen LogP contribution in [0.2, 0.25) is 0 Å². The Morgan fingerprint density at radius 3 is 2.58 bits per heavy atom. The summed E-state index contributed by atoms with van der Waals surface area (Å²) in [6.07, 6.45) is 2.65. The van der Waals surface area contributed by atoms with Gasteiger partial charge in [0.1, 0.15) is 0 Å². The van der Waals surface area contributed by atoms with Gasteiger partial charge < -0.3 is 10.2 Å². The molecule has 0 atom stereocenters. The van der Waals surface area contributed by atoms with E-state index in [-0.39, 0.29) is 0 Å². The highest BCUT2D eigenvalue weighted by Crippen LogP contribution is 2.27. The zero-order chi connectivity index (χ0) is 18.5. The summed E-state index contributed by atoms with van der Waals surface area (Å²) in [5.74, 6) is 1.29. The molecule has 5 nitrogen and oxygen atoms in total. The van der Waals surface area contributed by atoms with E-state index in [1.165, 1.54) is 16.7 Å². The topological polar surface area (TPSA) is 53.9 Å². The van der Waals surface area contributed by atoms with E-state index in [1.807, 2.05) is 0 Å². The van der Waals surface area contributed by atoms with E-state index < -0.39 is 0 Å². The first-order valence-corrected chi connectivity index (χ1v) is 9.01. The van der Waals surface area contributed by atoms with Gasteiger partial charge in [0, 0.05) is 17.9 Å². The molecule has 0 saturated heterocycles. The van der Waals surface area contributed by atoms with E-state index in [0.717, 1.165) is 30.2 Å². The smallest absolute Gasteiger partial charge is 0.249 e. The van der Waals surface area contributed by atoms with Crippen molar-refractivity contribution in [2.75, 3.05) is 16.8 Å². The Labute approximate surface area is 155 Å². The number of hydrogen-bond acceptors (Lipinski definition) is 5. The predicted molar refractivity (Wildman–Crippen MR) is 108 cm³/mol. The molecule has 0 saturated carbocycles. The third-order valence-corrected chi connectivity index (χ3v) is 4.43. The second-order valence-corrected chi connectivity index (χ2v) is 6.31. The lowest BCUT2D eigenvalue weighted by Crippen LogP contribution is -2.18. The number of para-hydroxylation sites is 1. The van der Waals surface area contributed by atoms with Crippen molar-refractivity contribution in [3.63, 3.8) is 0 Å². The largest absolute Gasteiger partial charge is 0.325 e. The first kappa shape index (κ1) is 17.9. The van der Waals surface area contributed by atoms with Crippen LogP contribution in [0.15, 0.2) is 48.7 Å². The molecule has 26 heavy (non-hydrogen) atoms. The van der Waals surface area contributed by atoms with Gasteiger partial charge in [0.2, 0.25) is 5.95 Å². The highest BCUT2D eigenvalue weighted by atomic mass is 15.3. The van der Waals surface area contributed by atoms with E-state index in [9.17, 15) is 0 Å². The minimum Gasteiger partial charge on any atom is -0.325 e. The minimum absolute atomic E-state index is 0.512. The summed E-state index contributed by atoms with van der Waals surface area (Å²) in [5, 5.41) is 11.7. The Balaban J connectivity index is 1.93. The molecule has 2 aromatic carbocycles. The summed E-state index contributed by atoms with van der Waals surface area (Å²) in [5.41, 5.74) is 5.79. The lowest BCUT2D eigenvalue weighted by Gasteiger charge is -2.22. The van der Waals surface area contributed by atoms with Gasteiger partial charge in [-0.05, 0) is 56.0 Å². The standard InChI is InChI=1S/C21H25N5/c1-5-17-11-8-10-16(4)20(17)24-21-23-19(14-22-25-21)26(6-2)18-12-7-9-15(3)13-18/h7-14H,5-6H2,1-4H3,(H,23,24,25). The van der Waals surface area contributed by atoms with Gasteiger partial charge in [-0.25, -0.2) is 0 Å². The maximum absolute atomic E-state index is 4.70. The van der Waals surface area contributed by atoms with Gasteiger partial charge in [0.15, 0.2) is 5.82 Å². The van der Waals surface area contributed by atoms with E-state index in [1.54, 1.807) is 6.20 Å². The van der Waals surface area contributed by atoms with Crippen LogP contribution >= 0.6 is 0 Å². The zero-order valence-electron chi connectivity index (χ0n) is 15.8. The molecule has 0 aliphatic heterocycles. The summed E-state index contributed by atoms with van der Waals surface area (Å²) >= 11 is 0. The van der Waals surface area contributed by atoms with Gasteiger partial charge in [0.05, 0.1) is 6.20 Å². The molecule has 0 aliphatic carbocycles. The molecule has 0 spiro atoms. The lowest BCUT2D eigenvalue weighted by atomic mass is 10.1. The quantitative estimate of drug-likeness (QED) is 0.683. The number of anilines is 4. The molecule has 1 heterocycles. The molecule has 1 aromatic heterocycles. The van der Waals surface area contributed by atoms with Gasteiger partial charge in [-0.3, -0.25) is 0 Å². The van der Waals surface area contributed by atoms with E-state index in [2.05, 4.69) is 90.6 Å². The van der Waals surface area contributed by atoms with Crippen LogP contribution in [0.25, 0.3) is 0 Å².